The third-order valence-electron chi connectivity index (χ3n) is 4.08. The number of benzene rings is 1. The van der Waals surface area contributed by atoms with Crippen LogP contribution in [0.15, 0.2) is 54.7 Å². The van der Waals surface area contributed by atoms with Gasteiger partial charge in [-0.1, -0.05) is 49.2 Å². The van der Waals surface area contributed by atoms with Crippen LogP contribution in [0, 0.1) is 0 Å². The van der Waals surface area contributed by atoms with Crippen LogP contribution in [0.3, 0.4) is 0 Å². The Morgan fingerprint density at radius 2 is 1.77 bits per heavy atom. The van der Waals surface area contributed by atoms with E-state index < -0.39 is 0 Å². The van der Waals surface area contributed by atoms with Crippen LogP contribution in [0.1, 0.15) is 43.0 Å². The Morgan fingerprint density at radius 1 is 1.05 bits per heavy atom. The Morgan fingerprint density at radius 3 is 2.45 bits per heavy atom. The van der Waals surface area contributed by atoms with Crippen molar-refractivity contribution in [2.75, 3.05) is 0 Å². The number of amides is 2. The van der Waals surface area contributed by atoms with Gasteiger partial charge >= 0.3 is 6.03 Å². The van der Waals surface area contributed by atoms with E-state index in [1.54, 1.807) is 6.20 Å². The van der Waals surface area contributed by atoms with E-state index in [1.807, 2.05) is 48.5 Å². The molecule has 1 aromatic heterocycles. The van der Waals surface area contributed by atoms with Crippen molar-refractivity contribution in [2.45, 2.75) is 37.8 Å². The second-order valence-corrected chi connectivity index (χ2v) is 5.70. The molecule has 4 heteroatoms. The summed E-state index contributed by atoms with van der Waals surface area (Å²) in [5, 5.41) is 6.13. The zero-order valence-corrected chi connectivity index (χ0v) is 12.5. The van der Waals surface area contributed by atoms with Gasteiger partial charge in [-0.2, -0.15) is 0 Å². The molecule has 1 saturated carbocycles. The van der Waals surface area contributed by atoms with Gasteiger partial charge in [-0.25, -0.2) is 4.79 Å². The molecule has 1 heterocycles. The van der Waals surface area contributed by atoms with Crippen LogP contribution in [0.4, 0.5) is 4.79 Å². The van der Waals surface area contributed by atoms with Crippen molar-refractivity contribution in [1.82, 2.24) is 15.6 Å². The molecular weight excluding hydrogens is 274 g/mol. The topological polar surface area (TPSA) is 54.0 Å². The summed E-state index contributed by atoms with van der Waals surface area (Å²) >= 11 is 0. The number of carbonyl (C=O) groups excluding carboxylic acids is 1. The van der Waals surface area contributed by atoms with Crippen LogP contribution in [0.25, 0.3) is 0 Å². The van der Waals surface area contributed by atoms with Crippen LogP contribution >= 0.6 is 0 Å². The van der Waals surface area contributed by atoms with E-state index in [-0.39, 0.29) is 12.1 Å². The predicted molar refractivity (Wildman–Crippen MR) is 86.4 cm³/mol. The molecular formula is C18H21N3O. The van der Waals surface area contributed by atoms with E-state index in [0.29, 0.717) is 6.04 Å². The fourth-order valence-corrected chi connectivity index (χ4v) is 2.95. The van der Waals surface area contributed by atoms with Crippen molar-refractivity contribution in [3.8, 4) is 0 Å². The Bertz CT molecular complexity index is 555. The molecule has 1 fully saturated rings. The maximum absolute atomic E-state index is 12.3. The first-order chi connectivity index (χ1) is 10.8. The molecule has 2 aromatic rings. The van der Waals surface area contributed by atoms with Crippen molar-refractivity contribution in [2.24, 2.45) is 0 Å². The molecule has 1 atom stereocenters. The summed E-state index contributed by atoms with van der Waals surface area (Å²) in [6.45, 7) is 0. The number of rotatable bonds is 4. The molecule has 0 radical (unpaired) electrons. The zero-order valence-electron chi connectivity index (χ0n) is 12.5. The number of urea groups is 1. The number of hydrogen-bond donors (Lipinski definition) is 2. The summed E-state index contributed by atoms with van der Waals surface area (Å²) in [6.07, 6.45) is 6.31. The molecule has 0 saturated heterocycles. The number of hydrogen-bond acceptors (Lipinski definition) is 2. The SMILES string of the molecule is O=C(NC1CCCC1)NC(c1ccccc1)c1ccccn1. The largest absolute Gasteiger partial charge is 0.335 e. The first kappa shape index (κ1) is 14.6. The summed E-state index contributed by atoms with van der Waals surface area (Å²) in [4.78, 5) is 16.7. The highest BCUT2D eigenvalue weighted by molar-refractivity contribution is 5.75. The fraction of sp³-hybridized carbons (Fsp3) is 0.333. The number of carbonyl (C=O) groups is 1. The lowest BCUT2D eigenvalue weighted by atomic mass is 10.0. The Kier molecular flexibility index (Phi) is 4.68. The first-order valence-corrected chi connectivity index (χ1v) is 7.86. The molecule has 3 rings (SSSR count). The lowest BCUT2D eigenvalue weighted by molar-refractivity contribution is 0.234. The van der Waals surface area contributed by atoms with Gasteiger partial charge in [0.15, 0.2) is 0 Å². The molecule has 0 aliphatic heterocycles. The van der Waals surface area contributed by atoms with E-state index in [9.17, 15) is 4.79 Å². The number of nitrogens with zero attached hydrogens (tertiary/aromatic N) is 1. The van der Waals surface area contributed by atoms with Crippen LogP contribution < -0.4 is 10.6 Å². The quantitative estimate of drug-likeness (QED) is 0.908. The van der Waals surface area contributed by atoms with E-state index in [4.69, 9.17) is 0 Å². The second-order valence-electron chi connectivity index (χ2n) is 5.70. The molecule has 0 bridgehead atoms. The van der Waals surface area contributed by atoms with Crippen LogP contribution in [0.5, 0.6) is 0 Å². The van der Waals surface area contributed by atoms with E-state index in [0.717, 1.165) is 24.1 Å². The zero-order chi connectivity index (χ0) is 15.2. The van der Waals surface area contributed by atoms with E-state index in [2.05, 4.69) is 15.6 Å². The second kappa shape index (κ2) is 7.07. The molecule has 2 amide bonds. The van der Waals surface area contributed by atoms with Gasteiger partial charge in [0.25, 0.3) is 0 Å². The molecule has 22 heavy (non-hydrogen) atoms. The molecule has 1 unspecified atom stereocenters. The third-order valence-corrected chi connectivity index (χ3v) is 4.08. The van der Waals surface area contributed by atoms with Crippen molar-refractivity contribution < 1.29 is 4.79 Å². The summed E-state index contributed by atoms with van der Waals surface area (Å²) in [5.41, 5.74) is 1.87. The number of aromatic nitrogens is 1. The standard InChI is InChI=1S/C18H21N3O/c22-18(20-15-10-4-5-11-15)21-17(14-8-2-1-3-9-14)16-12-6-7-13-19-16/h1-3,6-9,12-13,15,17H,4-5,10-11H2,(H2,20,21,22). The average molecular weight is 295 g/mol. The van der Waals surface area contributed by atoms with Gasteiger partial charge in [-0.15, -0.1) is 0 Å². The van der Waals surface area contributed by atoms with Crippen molar-refractivity contribution in [3.05, 3.63) is 66.0 Å². The van der Waals surface area contributed by atoms with Gasteiger partial charge in [0, 0.05) is 12.2 Å². The minimum atomic E-state index is -0.233. The average Bonchev–Trinajstić information content (AvgIpc) is 3.07. The highest BCUT2D eigenvalue weighted by Crippen LogP contribution is 2.21. The molecule has 2 N–H and O–H groups in total. The van der Waals surface area contributed by atoms with E-state index >= 15 is 0 Å². The van der Waals surface area contributed by atoms with Crippen LogP contribution in [-0.2, 0) is 0 Å². The summed E-state index contributed by atoms with van der Waals surface area (Å²) in [6, 6.07) is 15.6. The normalized spacial score (nSPS) is 16.2. The van der Waals surface area contributed by atoms with Crippen LogP contribution in [-0.4, -0.2) is 17.1 Å². The molecule has 1 aliphatic carbocycles. The van der Waals surface area contributed by atoms with Gasteiger partial charge in [0.05, 0.1) is 11.7 Å². The van der Waals surface area contributed by atoms with Crippen LogP contribution in [0.2, 0.25) is 0 Å². The molecule has 114 valence electrons. The summed E-state index contributed by atoms with van der Waals surface area (Å²) in [7, 11) is 0. The number of pyridine rings is 1. The van der Waals surface area contributed by atoms with Gasteiger partial charge in [-0.3, -0.25) is 4.98 Å². The predicted octanol–water partition coefficient (Wildman–Crippen LogP) is 3.41. The maximum atomic E-state index is 12.3. The lowest BCUT2D eigenvalue weighted by Crippen LogP contribution is -2.42. The highest BCUT2D eigenvalue weighted by Gasteiger charge is 2.21. The van der Waals surface area contributed by atoms with Crippen molar-refractivity contribution in [1.29, 1.82) is 0 Å². The Labute approximate surface area is 131 Å². The smallest absolute Gasteiger partial charge is 0.315 e. The molecule has 1 aromatic carbocycles. The molecule has 1 aliphatic rings. The van der Waals surface area contributed by atoms with E-state index in [1.165, 1.54) is 12.8 Å². The number of nitrogens with one attached hydrogen (secondary N) is 2. The minimum Gasteiger partial charge on any atom is -0.335 e. The molecule has 4 nitrogen and oxygen atoms in total. The first-order valence-electron chi connectivity index (χ1n) is 7.86. The summed E-state index contributed by atoms with van der Waals surface area (Å²) in [5.74, 6) is 0. The highest BCUT2D eigenvalue weighted by atomic mass is 16.2. The Hall–Kier alpha value is -2.36. The van der Waals surface area contributed by atoms with Gasteiger partial charge in [-0.05, 0) is 30.5 Å². The fourth-order valence-electron chi connectivity index (χ4n) is 2.95. The lowest BCUT2D eigenvalue weighted by Gasteiger charge is -2.21. The maximum Gasteiger partial charge on any atom is 0.315 e. The van der Waals surface area contributed by atoms with Gasteiger partial charge < -0.3 is 10.6 Å². The van der Waals surface area contributed by atoms with Gasteiger partial charge in [0.1, 0.15) is 0 Å². The molecule has 0 spiro atoms. The van der Waals surface area contributed by atoms with Gasteiger partial charge in [0.2, 0.25) is 0 Å². The summed E-state index contributed by atoms with van der Waals surface area (Å²) < 4.78 is 0. The van der Waals surface area contributed by atoms with Crippen molar-refractivity contribution >= 4 is 6.03 Å². The monoisotopic (exact) mass is 295 g/mol. The minimum absolute atomic E-state index is 0.119. The third kappa shape index (κ3) is 3.64. The van der Waals surface area contributed by atoms with Crippen molar-refractivity contribution in [3.63, 3.8) is 0 Å². The Balaban J connectivity index is 1.75.